The molecule has 6 heteroatoms. The Morgan fingerprint density at radius 3 is 2.65 bits per heavy atom. The number of hydrogen-bond acceptors (Lipinski definition) is 4. The van der Waals surface area contributed by atoms with Crippen molar-refractivity contribution in [2.75, 3.05) is 12.4 Å². The number of para-hydroxylation sites is 2. The minimum absolute atomic E-state index is 0.193. The number of hydrogen-bond donors (Lipinski definition) is 3. The monoisotopic (exact) mass is 237 g/mol. The Morgan fingerprint density at radius 1 is 1.41 bits per heavy atom. The van der Waals surface area contributed by atoms with E-state index in [4.69, 9.17) is 16.2 Å². The number of rotatable bonds is 5. The van der Waals surface area contributed by atoms with Gasteiger partial charge in [0.1, 0.15) is 5.75 Å². The number of nitrogens with one attached hydrogen (secondary N) is 1. The van der Waals surface area contributed by atoms with E-state index in [1.54, 1.807) is 24.3 Å². The molecule has 0 aliphatic heterocycles. The molecule has 0 fully saturated rings. The first-order chi connectivity index (χ1) is 8.04. The number of nitrogens with two attached hydrogens (primary N) is 2. The minimum Gasteiger partial charge on any atom is -0.495 e. The lowest BCUT2D eigenvalue weighted by atomic mass is 10.2. The lowest BCUT2D eigenvalue weighted by Gasteiger charge is -2.13. The summed E-state index contributed by atoms with van der Waals surface area (Å²) >= 11 is 0. The van der Waals surface area contributed by atoms with Crippen LogP contribution in [0.1, 0.15) is 6.42 Å². The van der Waals surface area contributed by atoms with Crippen LogP contribution >= 0.6 is 0 Å². The molecule has 1 aromatic carbocycles. The molecule has 6 nitrogen and oxygen atoms in total. The number of benzene rings is 1. The van der Waals surface area contributed by atoms with Gasteiger partial charge in [0.25, 0.3) is 0 Å². The molecular formula is C11H15N3O3. The average molecular weight is 237 g/mol. The van der Waals surface area contributed by atoms with E-state index in [1.165, 1.54) is 7.11 Å². The zero-order chi connectivity index (χ0) is 12.8. The molecule has 1 aromatic rings. The van der Waals surface area contributed by atoms with Crippen LogP contribution in [0.4, 0.5) is 5.69 Å². The molecule has 1 unspecified atom stereocenters. The van der Waals surface area contributed by atoms with E-state index >= 15 is 0 Å². The van der Waals surface area contributed by atoms with Crippen LogP contribution in [0.3, 0.4) is 0 Å². The third-order valence-corrected chi connectivity index (χ3v) is 2.12. The van der Waals surface area contributed by atoms with Crippen LogP contribution in [-0.4, -0.2) is 25.0 Å². The summed E-state index contributed by atoms with van der Waals surface area (Å²) < 4.78 is 5.06. The van der Waals surface area contributed by atoms with Gasteiger partial charge in [-0.1, -0.05) is 12.1 Å². The summed E-state index contributed by atoms with van der Waals surface area (Å²) in [4.78, 5) is 22.2. The van der Waals surface area contributed by atoms with Crippen molar-refractivity contribution in [3.05, 3.63) is 24.3 Å². The number of carbonyl (C=O) groups excluding carboxylic acids is 2. The Bertz CT molecular complexity index is 420. The summed E-state index contributed by atoms with van der Waals surface area (Å²) in [5.74, 6) is -0.576. The first kappa shape index (κ1) is 13.0. The Morgan fingerprint density at radius 2 is 2.06 bits per heavy atom. The molecule has 0 aliphatic carbocycles. The number of amides is 2. The molecule has 0 spiro atoms. The van der Waals surface area contributed by atoms with Gasteiger partial charge in [-0.3, -0.25) is 9.59 Å². The van der Waals surface area contributed by atoms with Gasteiger partial charge in [-0.15, -0.1) is 0 Å². The maximum Gasteiger partial charge on any atom is 0.241 e. The van der Waals surface area contributed by atoms with Crippen LogP contribution in [0.2, 0.25) is 0 Å². The van der Waals surface area contributed by atoms with Crippen molar-refractivity contribution in [3.63, 3.8) is 0 Å². The Balaban J connectivity index is 2.70. The molecule has 0 radical (unpaired) electrons. The quantitative estimate of drug-likeness (QED) is 0.661. The summed E-state index contributed by atoms with van der Waals surface area (Å²) in [5.41, 5.74) is 11.0. The van der Waals surface area contributed by atoms with E-state index in [-0.39, 0.29) is 6.42 Å². The van der Waals surface area contributed by atoms with Gasteiger partial charge in [0, 0.05) is 0 Å². The van der Waals surface area contributed by atoms with Gasteiger partial charge in [-0.25, -0.2) is 0 Å². The van der Waals surface area contributed by atoms with Crippen molar-refractivity contribution in [2.45, 2.75) is 12.5 Å². The molecule has 0 saturated carbocycles. The first-order valence-electron chi connectivity index (χ1n) is 5.02. The van der Waals surface area contributed by atoms with E-state index in [1.807, 2.05) is 0 Å². The van der Waals surface area contributed by atoms with Crippen LogP contribution in [0.5, 0.6) is 5.75 Å². The summed E-state index contributed by atoms with van der Waals surface area (Å²) in [6, 6.07) is 5.94. The third kappa shape index (κ3) is 3.76. The van der Waals surface area contributed by atoms with Crippen LogP contribution < -0.4 is 21.5 Å². The summed E-state index contributed by atoms with van der Waals surface area (Å²) in [5, 5.41) is 2.57. The van der Waals surface area contributed by atoms with Crippen LogP contribution in [0.25, 0.3) is 0 Å². The smallest absolute Gasteiger partial charge is 0.241 e. The van der Waals surface area contributed by atoms with Crippen molar-refractivity contribution in [3.8, 4) is 5.75 Å². The lowest BCUT2D eigenvalue weighted by Crippen LogP contribution is -2.39. The van der Waals surface area contributed by atoms with Crippen LogP contribution in [0.15, 0.2) is 24.3 Å². The van der Waals surface area contributed by atoms with Crippen LogP contribution in [0, 0.1) is 0 Å². The normalized spacial score (nSPS) is 11.6. The molecule has 0 bridgehead atoms. The average Bonchev–Trinajstić information content (AvgIpc) is 2.28. The molecule has 0 aromatic heterocycles. The van der Waals surface area contributed by atoms with Crippen molar-refractivity contribution in [1.82, 2.24) is 0 Å². The second kappa shape index (κ2) is 5.86. The van der Waals surface area contributed by atoms with Gasteiger partial charge in [-0.05, 0) is 12.1 Å². The third-order valence-electron chi connectivity index (χ3n) is 2.12. The van der Waals surface area contributed by atoms with Gasteiger partial charge in [0.15, 0.2) is 0 Å². The van der Waals surface area contributed by atoms with E-state index in [2.05, 4.69) is 5.32 Å². The number of ether oxygens (including phenoxy) is 1. The van der Waals surface area contributed by atoms with Crippen molar-refractivity contribution in [1.29, 1.82) is 0 Å². The molecule has 0 aliphatic rings. The van der Waals surface area contributed by atoms with E-state index < -0.39 is 17.9 Å². The zero-order valence-corrected chi connectivity index (χ0v) is 9.47. The van der Waals surface area contributed by atoms with Gasteiger partial charge in [0.05, 0.1) is 25.3 Å². The molecule has 0 heterocycles. The van der Waals surface area contributed by atoms with Crippen molar-refractivity contribution in [2.24, 2.45) is 11.5 Å². The van der Waals surface area contributed by atoms with Crippen molar-refractivity contribution < 1.29 is 14.3 Å². The number of methoxy groups -OCH3 is 1. The molecular weight excluding hydrogens is 222 g/mol. The molecule has 1 rings (SSSR count). The standard InChI is InChI=1S/C11H15N3O3/c1-17-9-5-3-2-4-8(9)14-11(16)7(12)6-10(13)15/h2-5,7H,6,12H2,1H3,(H2,13,15)(H,14,16). The predicted molar refractivity (Wildman–Crippen MR) is 63.4 cm³/mol. The van der Waals surface area contributed by atoms with Crippen LogP contribution in [-0.2, 0) is 9.59 Å². The highest BCUT2D eigenvalue weighted by atomic mass is 16.5. The molecule has 0 saturated heterocycles. The Labute approximate surface area is 98.9 Å². The topological polar surface area (TPSA) is 107 Å². The van der Waals surface area contributed by atoms with Gasteiger partial charge < -0.3 is 21.5 Å². The molecule has 5 N–H and O–H groups in total. The predicted octanol–water partition coefficient (Wildman–Crippen LogP) is -0.164. The minimum atomic E-state index is -0.961. The fourth-order valence-electron chi connectivity index (χ4n) is 1.28. The van der Waals surface area contributed by atoms with Gasteiger partial charge >= 0.3 is 0 Å². The SMILES string of the molecule is COc1ccccc1NC(=O)C(N)CC(N)=O. The molecule has 17 heavy (non-hydrogen) atoms. The highest BCUT2D eigenvalue weighted by Gasteiger charge is 2.17. The van der Waals surface area contributed by atoms with E-state index in [0.717, 1.165) is 0 Å². The molecule has 1 atom stereocenters. The largest absolute Gasteiger partial charge is 0.495 e. The summed E-state index contributed by atoms with van der Waals surface area (Å²) in [6.07, 6.45) is -0.193. The maximum atomic E-state index is 11.6. The maximum absolute atomic E-state index is 11.6. The Kier molecular flexibility index (Phi) is 4.47. The van der Waals surface area contributed by atoms with E-state index in [9.17, 15) is 9.59 Å². The fourth-order valence-corrected chi connectivity index (χ4v) is 1.28. The molecule has 2 amide bonds. The summed E-state index contributed by atoms with van der Waals surface area (Å²) in [6.45, 7) is 0. The highest BCUT2D eigenvalue weighted by molar-refractivity contribution is 5.98. The molecule has 92 valence electrons. The number of carbonyl (C=O) groups is 2. The number of primary amides is 1. The number of anilines is 1. The van der Waals surface area contributed by atoms with Crippen molar-refractivity contribution >= 4 is 17.5 Å². The first-order valence-corrected chi connectivity index (χ1v) is 5.02. The highest BCUT2D eigenvalue weighted by Crippen LogP contribution is 2.22. The van der Waals surface area contributed by atoms with Gasteiger partial charge in [0.2, 0.25) is 11.8 Å². The second-order valence-electron chi connectivity index (χ2n) is 3.47. The fraction of sp³-hybridized carbons (Fsp3) is 0.273. The summed E-state index contributed by atoms with van der Waals surface area (Å²) in [7, 11) is 1.49. The lowest BCUT2D eigenvalue weighted by molar-refractivity contribution is -0.123. The zero-order valence-electron chi connectivity index (χ0n) is 9.47. The van der Waals surface area contributed by atoms with E-state index in [0.29, 0.717) is 11.4 Å². The van der Waals surface area contributed by atoms with Gasteiger partial charge in [-0.2, -0.15) is 0 Å². The second-order valence-corrected chi connectivity index (χ2v) is 3.47. The Hall–Kier alpha value is -2.08.